The molecular formula is C13H21NO. The molecule has 0 aromatic carbocycles. The van der Waals surface area contributed by atoms with Gasteiger partial charge in [0.05, 0.1) is 0 Å². The molecule has 1 fully saturated rings. The van der Waals surface area contributed by atoms with Gasteiger partial charge in [0.25, 0.3) is 0 Å². The van der Waals surface area contributed by atoms with Gasteiger partial charge in [-0.2, -0.15) is 0 Å². The highest BCUT2D eigenvalue weighted by Gasteiger charge is 2.24. The lowest BCUT2D eigenvalue weighted by Crippen LogP contribution is -2.23. The first-order valence-electron chi connectivity index (χ1n) is 5.95. The molecule has 1 saturated carbocycles. The number of nitrogens with one attached hydrogen (secondary N) is 1. The predicted molar refractivity (Wildman–Crippen MR) is 61.9 cm³/mol. The molecule has 84 valence electrons. The molecule has 1 aromatic rings. The molecule has 0 spiro atoms. The number of aryl methyl sites for hydroxylation is 2. The fraction of sp³-hybridized carbons (Fsp3) is 0.692. The zero-order valence-corrected chi connectivity index (χ0v) is 9.97. The highest BCUT2D eigenvalue weighted by atomic mass is 16.3. The SMILES string of the molecule is CNC(CC1CCC1)c1cc(C)oc1C. The Hall–Kier alpha value is -0.760. The van der Waals surface area contributed by atoms with E-state index in [9.17, 15) is 0 Å². The summed E-state index contributed by atoms with van der Waals surface area (Å²) in [4.78, 5) is 0. The molecule has 0 radical (unpaired) electrons. The van der Waals surface area contributed by atoms with Crippen molar-refractivity contribution >= 4 is 0 Å². The van der Waals surface area contributed by atoms with Crippen LogP contribution in [0.3, 0.4) is 0 Å². The molecule has 0 bridgehead atoms. The van der Waals surface area contributed by atoms with Crippen LogP contribution in [0.25, 0.3) is 0 Å². The Bertz CT molecular complexity index is 325. The van der Waals surface area contributed by atoms with Crippen molar-refractivity contribution in [2.75, 3.05) is 7.05 Å². The van der Waals surface area contributed by atoms with Gasteiger partial charge in [-0.05, 0) is 39.3 Å². The maximum absolute atomic E-state index is 5.59. The largest absolute Gasteiger partial charge is 0.466 e. The van der Waals surface area contributed by atoms with E-state index in [0.717, 1.165) is 17.4 Å². The monoisotopic (exact) mass is 207 g/mol. The molecule has 1 heterocycles. The lowest BCUT2D eigenvalue weighted by molar-refractivity contribution is 0.264. The van der Waals surface area contributed by atoms with E-state index in [2.05, 4.69) is 18.3 Å². The Morgan fingerprint density at radius 1 is 1.47 bits per heavy atom. The van der Waals surface area contributed by atoms with Crippen LogP contribution in [-0.2, 0) is 0 Å². The van der Waals surface area contributed by atoms with E-state index in [-0.39, 0.29) is 0 Å². The normalized spacial score (nSPS) is 18.9. The number of hydrogen-bond donors (Lipinski definition) is 1. The second-order valence-electron chi connectivity index (χ2n) is 4.74. The van der Waals surface area contributed by atoms with Crippen molar-refractivity contribution in [1.82, 2.24) is 5.32 Å². The zero-order chi connectivity index (χ0) is 10.8. The van der Waals surface area contributed by atoms with Crippen LogP contribution in [0.1, 0.15) is 48.8 Å². The lowest BCUT2D eigenvalue weighted by atomic mass is 9.79. The van der Waals surface area contributed by atoms with E-state index in [1.165, 1.54) is 31.2 Å². The summed E-state index contributed by atoms with van der Waals surface area (Å²) in [6.07, 6.45) is 5.50. The molecule has 0 saturated heterocycles. The van der Waals surface area contributed by atoms with E-state index < -0.39 is 0 Å². The Morgan fingerprint density at radius 3 is 2.60 bits per heavy atom. The van der Waals surface area contributed by atoms with Crippen molar-refractivity contribution in [2.45, 2.75) is 45.6 Å². The molecule has 1 aromatic heterocycles. The highest BCUT2D eigenvalue weighted by molar-refractivity contribution is 5.24. The first kappa shape index (κ1) is 10.7. The highest BCUT2D eigenvalue weighted by Crippen LogP contribution is 2.35. The third-order valence-corrected chi connectivity index (χ3v) is 3.60. The van der Waals surface area contributed by atoms with E-state index in [4.69, 9.17) is 4.42 Å². The second-order valence-corrected chi connectivity index (χ2v) is 4.74. The summed E-state index contributed by atoms with van der Waals surface area (Å²) in [5, 5.41) is 3.41. The minimum Gasteiger partial charge on any atom is -0.466 e. The summed E-state index contributed by atoms with van der Waals surface area (Å²) in [5.41, 5.74) is 1.35. The van der Waals surface area contributed by atoms with Crippen molar-refractivity contribution in [3.63, 3.8) is 0 Å². The summed E-state index contributed by atoms with van der Waals surface area (Å²) in [5.74, 6) is 3.03. The van der Waals surface area contributed by atoms with Crippen LogP contribution in [0.4, 0.5) is 0 Å². The average molecular weight is 207 g/mol. The van der Waals surface area contributed by atoms with Gasteiger partial charge in [-0.25, -0.2) is 0 Å². The average Bonchev–Trinajstić information content (AvgIpc) is 2.44. The molecule has 1 aliphatic rings. The first-order valence-corrected chi connectivity index (χ1v) is 5.95. The molecule has 2 nitrogen and oxygen atoms in total. The number of furan rings is 1. The van der Waals surface area contributed by atoms with Crippen LogP contribution in [0.15, 0.2) is 10.5 Å². The van der Waals surface area contributed by atoms with Crippen molar-refractivity contribution in [1.29, 1.82) is 0 Å². The first-order chi connectivity index (χ1) is 7.20. The van der Waals surface area contributed by atoms with Gasteiger partial charge in [0.15, 0.2) is 0 Å². The van der Waals surface area contributed by atoms with E-state index in [0.29, 0.717) is 6.04 Å². The fourth-order valence-corrected chi connectivity index (χ4v) is 2.46. The quantitative estimate of drug-likeness (QED) is 0.819. The van der Waals surface area contributed by atoms with Crippen LogP contribution in [0, 0.1) is 19.8 Å². The third-order valence-electron chi connectivity index (χ3n) is 3.60. The Kier molecular flexibility index (Phi) is 3.15. The third kappa shape index (κ3) is 2.25. The molecule has 1 aliphatic carbocycles. The maximum Gasteiger partial charge on any atom is 0.105 e. The number of rotatable bonds is 4. The summed E-state index contributed by atoms with van der Waals surface area (Å²) in [7, 11) is 2.05. The standard InChI is InChI=1S/C13H21NO/c1-9-7-12(10(2)15-9)13(14-3)8-11-5-4-6-11/h7,11,13-14H,4-6,8H2,1-3H3. The van der Waals surface area contributed by atoms with Gasteiger partial charge in [-0.3, -0.25) is 0 Å². The van der Waals surface area contributed by atoms with Crippen molar-refractivity contribution in [3.8, 4) is 0 Å². The van der Waals surface area contributed by atoms with E-state index in [1.54, 1.807) is 0 Å². The lowest BCUT2D eigenvalue weighted by Gasteiger charge is -2.29. The van der Waals surface area contributed by atoms with Crippen LogP contribution in [0.5, 0.6) is 0 Å². The second kappa shape index (κ2) is 4.40. The van der Waals surface area contributed by atoms with Gasteiger partial charge in [0.2, 0.25) is 0 Å². The van der Waals surface area contributed by atoms with Crippen LogP contribution in [-0.4, -0.2) is 7.05 Å². The summed E-state index contributed by atoms with van der Waals surface area (Å²) >= 11 is 0. The van der Waals surface area contributed by atoms with E-state index in [1.807, 2.05) is 14.0 Å². The summed E-state index contributed by atoms with van der Waals surface area (Å²) < 4.78 is 5.59. The molecular weight excluding hydrogens is 186 g/mol. The topological polar surface area (TPSA) is 25.2 Å². The van der Waals surface area contributed by atoms with Gasteiger partial charge in [0.1, 0.15) is 11.5 Å². The van der Waals surface area contributed by atoms with Gasteiger partial charge >= 0.3 is 0 Å². The molecule has 1 unspecified atom stereocenters. The van der Waals surface area contributed by atoms with Gasteiger partial charge in [-0.1, -0.05) is 19.3 Å². The molecule has 2 rings (SSSR count). The minimum atomic E-state index is 0.479. The molecule has 1 atom stereocenters. The van der Waals surface area contributed by atoms with Crippen LogP contribution >= 0.6 is 0 Å². The Morgan fingerprint density at radius 2 is 2.20 bits per heavy atom. The Labute approximate surface area is 92.1 Å². The Balaban J connectivity index is 2.07. The summed E-state index contributed by atoms with van der Waals surface area (Å²) in [6.45, 7) is 4.08. The minimum absolute atomic E-state index is 0.479. The van der Waals surface area contributed by atoms with Crippen molar-refractivity contribution in [2.24, 2.45) is 5.92 Å². The molecule has 0 amide bonds. The van der Waals surface area contributed by atoms with Crippen molar-refractivity contribution < 1.29 is 4.42 Å². The maximum atomic E-state index is 5.59. The van der Waals surface area contributed by atoms with Gasteiger partial charge in [0, 0.05) is 11.6 Å². The molecule has 0 aliphatic heterocycles. The smallest absolute Gasteiger partial charge is 0.105 e. The van der Waals surface area contributed by atoms with E-state index >= 15 is 0 Å². The van der Waals surface area contributed by atoms with Gasteiger partial charge in [-0.15, -0.1) is 0 Å². The molecule has 1 N–H and O–H groups in total. The molecule has 2 heteroatoms. The van der Waals surface area contributed by atoms with Crippen molar-refractivity contribution in [3.05, 3.63) is 23.2 Å². The fourth-order valence-electron chi connectivity index (χ4n) is 2.46. The zero-order valence-electron chi connectivity index (χ0n) is 9.97. The van der Waals surface area contributed by atoms with Crippen LogP contribution < -0.4 is 5.32 Å². The summed E-state index contributed by atoms with van der Waals surface area (Å²) in [6, 6.07) is 2.66. The predicted octanol–water partition coefficient (Wildman–Crippen LogP) is 3.35. The number of hydrogen-bond acceptors (Lipinski definition) is 2. The van der Waals surface area contributed by atoms with Crippen LogP contribution in [0.2, 0.25) is 0 Å². The van der Waals surface area contributed by atoms with Gasteiger partial charge < -0.3 is 9.73 Å². The molecule has 15 heavy (non-hydrogen) atoms.